The van der Waals surface area contributed by atoms with Gasteiger partial charge in [-0.15, -0.1) is 11.3 Å². The van der Waals surface area contributed by atoms with Crippen LogP contribution < -0.4 is 10.5 Å². The molecule has 0 saturated carbocycles. The minimum Gasteiger partial charge on any atom is -0.364 e. The summed E-state index contributed by atoms with van der Waals surface area (Å²) in [6.45, 7) is 0.392. The molecule has 0 spiro atoms. The number of aromatic nitrogens is 5. The molecule has 0 radical (unpaired) electrons. The fourth-order valence-corrected chi connectivity index (χ4v) is 4.26. The van der Waals surface area contributed by atoms with Gasteiger partial charge in [-0.25, -0.2) is 23.5 Å². The third-order valence-electron chi connectivity index (χ3n) is 3.83. The topological polar surface area (TPSA) is 129 Å². The van der Waals surface area contributed by atoms with Crippen LogP contribution in [-0.2, 0) is 23.6 Å². The number of primary sulfonamides is 1. The molecule has 0 amide bonds. The average Bonchev–Trinajstić information content (AvgIpc) is 3.28. The number of hydrogen-bond donors (Lipinski definition) is 2. The van der Waals surface area contributed by atoms with Crippen molar-refractivity contribution in [1.82, 2.24) is 24.7 Å². The first-order valence-corrected chi connectivity index (χ1v) is 10.2. The largest absolute Gasteiger partial charge is 0.364 e. The molecular weight excluding hydrogens is 386 g/mol. The first-order valence-electron chi connectivity index (χ1n) is 7.88. The molecule has 0 fully saturated rings. The van der Waals surface area contributed by atoms with Crippen molar-refractivity contribution in [3.63, 3.8) is 0 Å². The highest BCUT2D eigenvalue weighted by molar-refractivity contribution is 7.91. The number of thiophene rings is 1. The van der Waals surface area contributed by atoms with Crippen LogP contribution >= 0.6 is 11.3 Å². The van der Waals surface area contributed by atoms with Crippen LogP contribution in [0.4, 0.5) is 5.82 Å². The monoisotopic (exact) mass is 401 g/mol. The van der Waals surface area contributed by atoms with E-state index in [2.05, 4.69) is 25.4 Å². The summed E-state index contributed by atoms with van der Waals surface area (Å²) in [5.74, 6) is 1.07. The maximum absolute atomic E-state index is 11.4. The summed E-state index contributed by atoms with van der Waals surface area (Å²) in [6, 6.07) is 8.74. The maximum atomic E-state index is 11.4. The molecule has 4 heterocycles. The van der Waals surface area contributed by atoms with E-state index in [9.17, 15) is 8.42 Å². The summed E-state index contributed by atoms with van der Waals surface area (Å²) in [6.07, 6.45) is 3.36. The molecule has 0 unspecified atom stereocenters. The molecule has 3 N–H and O–H groups in total. The maximum Gasteiger partial charge on any atom is 0.247 e. The standard InChI is InChI=1S/C16H15N7O2S2/c1-23-16-11(9-20-23)14(21-15(22-16)12-4-2-3-7-18-12)19-8-10-5-6-13(26-10)27(17,24)25/h2-7,9H,8H2,1H3,(H2,17,24,25)(H,19,21,22). The number of nitrogens with zero attached hydrogens (tertiary/aromatic N) is 5. The lowest BCUT2D eigenvalue weighted by Crippen LogP contribution is -2.09. The quantitative estimate of drug-likeness (QED) is 0.521. The Morgan fingerprint density at radius 2 is 2.07 bits per heavy atom. The van der Waals surface area contributed by atoms with Crippen LogP contribution in [0.15, 0.2) is 46.9 Å². The van der Waals surface area contributed by atoms with Crippen molar-refractivity contribution < 1.29 is 8.42 Å². The molecule has 0 aliphatic heterocycles. The molecule has 0 aliphatic carbocycles. The number of pyridine rings is 1. The predicted molar refractivity (Wildman–Crippen MR) is 103 cm³/mol. The van der Waals surface area contributed by atoms with Crippen LogP contribution in [0.1, 0.15) is 4.88 Å². The third-order valence-corrected chi connectivity index (χ3v) is 6.36. The number of nitrogens with one attached hydrogen (secondary N) is 1. The van der Waals surface area contributed by atoms with Crippen molar-refractivity contribution in [2.45, 2.75) is 10.8 Å². The minimum absolute atomic E-state index is 0.127. The van der Waals surface area contributed by atoms with Crippen molar-refractivity contribution in [2.75, 3.05) is 5.32 Å². The lowest BCUT2D eigenvalue weighted by atomic mass is 10.3. The molecule has 0 bridgehead atoms. The number of fused-ring (bicyclic) bond motifs is 1. The number of sulfonamides is 1. The van der Waals surface area contributed by atoms with E-state index in [1.807, 2.05) is 18.2 Å². The molecule has 0 atom stereocenters. The zero-order valence-electron chi connectivity index (χ0n) is 14.2. The van der Waals surface area contributed by atoms with Crippen LogP contribution in [0.3, 0.4) is 0 Å². The van der Waals surface area contributed by atoms with Gasteiger partial charge < -0.3 is 5.32 Å². The third kappa shape index (κ3) is 3.52. The van der Waals surface area contributed by atoms with Crippen LogP contribution in [0, 0.1) is 0 Å². The Morgan fingerprint density at radius 1 is 1.22 bits per heavy atom. The van der Waals surface area contributed by atoms with Gasteiger partial charge in [0.05, 0.1) is 18.1 Å². The normalized spacial score (nSPS) is 11.8. The molecule has 0 saturated heterocycles. The molecule has 138 valence electrons. The van der Waals surface area contributed by atoms with Crippen molar-refractivity contribution in [2.24, 2.45) is 12.2 Å². The first-order chi connectivity index (χ1) is 12.9. The van der Waals surface area contributed by atoms with Crippen molar-refractivity contribution in [3.8, 4) is 11.5 Å². The second-order valence-electron chi connectivity index (χ2n) is 5.74. The first kappa shape index (κ1) is 17.5. The van der Waals surface area contributed by atoms with Crippen molar-refractivity contribution >= 4 is 38.2 Å². The Labute approximate surface area is 159 Å². The Balaban J connectivity index is 1.69. The molecule has 9 nitrogen and oxygen atoms in total. The lowest BCUT2D eigenvalue weighted by molar-refractivity contribution is 0.600. The van der Waals surface area contributed by atoms with E-state index < -0.39 is 10.0 Å². The SMILES string of the molecule is Cn1ncc2c(NCc3ccc(S(N)(=O)=O)s3)nc(-c3ccccn3)nc21. The molecule has 4 rings (SSSR count). The fourth-order valence-electron chi connectivity index (χ4n) is 2.54. The van der Waals surface area contributed by atoms with Gasteiger partial charge in [0.15, 0.2) is 11.5 Å². The minimum atomic E-state index is -3.70. The van der Waals surface area contributed by atoms with Gasteiger partial charge in [0.2, 0.25) is 10.0 Å². The van der Waals surface area contributed by atoms with E-state index in [0.717, 1.165) is 21.6 Å². The van der Waals surface area contributed by atoms with Gasteiger partial charge in [0, 0.05) is 18.1 Å². The highest BCUT2D eigenvalue weighted by Crippen LogP contribution is 2.26. The van der Waals surface area contributed by atoms with Gasteiger partial charge in [-0.2, -0.15) is 5.10 Å². The smallest absolute Gasteiger partial charge is 0.247 e. The number of anilines is 1. The highest BCUT2D eigenvalue weighted by atomic mass is 32.2. The highest BCUT2D eigenvalue weighted by Gasteiger charge is 2.15. The van der Waals surface area contributed by atoms with E-state index >= 15 is 0 Å². The molecule has 0 aliphatic rings. The van der Waals surface area contributed by atoms with E-state index in [1.54, 1.807) is 30.2 Å². The van der Waals surface area contributed by atoms with Gasteiger partial charge in [-0.1, -0.05) is 6.07 Å². The van der Waals surface area contributed by atoms with Gasteiger partial charge >= 0.3 is 0 Å². The van der Waals surface area contributed by atoms with Gasteiger partial charge in [0.25, 0.3) is 0 Å². The van der Waals surface area contributed by atoms with Crippen molar-refractivity contribution in [1.29, 1.82) is 0 Å². The summed E-state index contributed by atoms with van der Waals surface area (Å²) >= 11 is 1.12. The van der Waals surface area contributed by atoms with Crippen LogP contribution in [0.5, 0.6) is 0 Å². The van der Waals surface area contributed by atoms with Gasteiger partial charge in [-0.3, -0.25) is 9.67 Å². The van der Waals surface area contributed by atoms with E-state index in [0.29, 0.717) is 29.5 Å². The molecule has 11 heteroatoms. The number of aryl methyl sites for hydroxylation is 1. The number of nitrogens with two attached hydrogens (primary N) is 1. The molecule has 4 aromatic heterocycles. The molecule has 0 aromatic carbocycles. The Kier molecular flexibility index (Phi) is 4.34. The summed E-state index contributed by atoms with van der Waals surface area (Å²) < 4.78 is 24.7. The lowest BCUT2D eigenvalue weighted by Gasteiger charge is -2.08. The van der Waals surface area contributed by atoms with E-state index in [1.165, 1.54) is 6.07 Å². The Hall–Kier alpha value is -2.89. The molecule has 27 heavy (non-hydrogen) atoms. The molecule has 4 aromatic rings. The summed E-state index contributed by atoms with van der Waals surface area (Å²) in [5.41, 5.74) is 1.32. The fraction of sp³-hybridized carbons (Fsp3) is 0.125. The molecular formula is C16H15N7O2S2. The van der Waals surface area contributed by atoms with Crippen LogP contribution in [0.2, 0.25) is 0 Å². The van der Waals surface area contributed by atoms with Crippen LogP contribution in [0.25, 0.3) is 22.6 Å². The van der Waals surface area contributed by atoms with E-state index in [4.69, 9.17) is 5.14 Å². The second-order valence-corrected chi connectivity index (χ2v) is 8.69. The summed E-state index contributed by atoms with van der Waals surface area (Å²) in [5, 5.41) is 13.4. The van der Waals surface area contributed by atoms with Gasteiger partial charge in [0.1, 0.15) is 15.7 Å². The summed E-state index contributed by atoms with van der Waals surface area (Å²) in [7, 11) is -1.89. The van der Waals surface area contributed by atoms with Crippen LogP contribution in [-0.4, -0.2) is 33.2 Å². The van der Waals surface area contributed by atoms with Gasteiger partial charge in [-0.05, 0) is 24.3 Å². The predicted octanol–water partition coefficient (Wildman–Crippen LogP) is 1.75. The van der Waals surface area contributed by atoms with E-state index in [-0.39, 0.29) is 4.21 Å². The second kappa shape index (κ2) is 6.68. The zero-order chi connectivity index (χ0) is 19.0. The number of hydrogen-bond acceptors (Lipinski definition) is 8. The number of rotatable bonds is 5. The summed E-state index contributed by atoms with van der Waals surface area (Å²) in [4.78, 5) is 14.2. The van der Waals surface area contributed by atoms with Crippen molar-refractivity contribution in [3.05, 3.63) is 47.6 Å². The Bertz CT molecular complexity index is 1220. The zero-order valence-corrected chi connectivity index (χ0v) is 15.8. The Morgan fingerprint density at radius 3 is 2.78 bits per heavy atom. The average molecular weight is 401 g/mol.